The number of aryl methyl sites for hydroxylation is 1. The SMILES string of the molecule is CCc1ccc2oc(C(=O)Nc3c(C(=O)c4ccccc4)oc4ccccc34)cc(=O)c2c1. The molecule has 0 atom stereocenters. The molecule has 0 radical (unpaired) electrons. The Kier molecular flexibility index (Phi) is 5.11. The predicted octanol–water partition coefficient (Wildman–Crippen LogP) is 5.58. The topological polar surface area (TPSA) is 89.5 Å². The molecule has 162 valence electrons. The average Bonchev–Trinajstić information content (AvgIpc) is 3.22. The molecule has 5 rings (SSSR count). The molecule has 0 saturated heterocycles. The fourth-order valence-electron chi connectivity index (χ4n) is 3.76. The predicted molar refractivity (Wildman–Crippen MR) is 126 cm³/mol. The quantitative estimate of drug-likeness (QED) is 0.362. The zero-order valence-corrected chi connectivity index (χ0v) is 17.8. The summed E-state index contributed by atoms with van der Waals surface area (Å²) in [5.74, 6) is -1.16. The largest absolute Gasteiger partial charge is 0.451 e. The number of furan rings is 1. The number of anilines is 1. The summed E-state index contributed by atoms with van der Waals surface area (Å²) in [5.41, 5.74) is 2.13. The van der Waals surface area contributed by atoms with Crippen LogP contribution in [0.15, 0.2) is 92.5 Å². The Morgan fingerprint density at radius 3 is 2.33 bits per heavy atom. The Bertz CT molecular complexity index is 1580. The van der Waals surface area contributed by atoms with E-state index in [0.717, 1.165) is 18.1 Å². The molecule has 1 amide bonds. The number of nitrogens with one attached hydrogen (secondary N) is 1. The van der Waals surface area contributed by atoms with Crippen LogP contribution in [0.2, 0.25) is 0 Å². The number of ketones is 1. The Labute approximate surface area is 188 Å². The first-order chi connectivity index (χ1) is 16.0. The molecule has 0 fully saturated rings. The first kappa shape index (κ1) is 20.5. The summed E-state index contributed by atoms with van der Waals surface area (Å²) in [6.45, 7) is 1.99. The molecule has 0 bridgehead atoms. The number of carbonyl (C=O) groups excluding carboxylic acids is 2. The van der Waals surface area contributed by atoms with E-state index >= 15 is 0 Å². The van der Waals surface area contributed by atoms with Crippen molar-refractivity contribution in [3.63, 3.8) is 0 Å². The zero-order chi connectivity index (χ0) is 22.9. The third-order valence-corrected chi connectivity index (χ3v) is 5.50. The van der Waals surface area contributed by atoms with Gasteiger partial charge in [-0.2, -0.15) is 0 Å². The van der Waals surface area contributed by atoms with Crippen molar-refractivity contribution in [3.8, 4) is 0 Å². The fourth-order valence-corrected chi connectivity index (χ4v) is 3.76. The van der Waals surface area contributed by atoms with Crippen LogP contribution < -0.4 is 10.7 Å². The van der Waals surface area contributed by atoms with E-state index in [1.807, 2.05) is 19.1 Å². The fraction of sp³-hybridized carbons (Fsp3) is 0.0741. The Hall–Kier alpha value is -4.45. The molecule has 6 heteroatoms. The molecule has 0 aliphatic rings. The first-order valence-corrected chi connectivity index (χ1v) is 10.5. The van der Waals surface area contributed by atoms with Gasteiger partial charge < -0.3 is 14.2 Å². The van der Waals surface area contributed by atoms with Crippen LogP contribution in [-0.4, -0.2) is 11.7 Å². The minimum absolute atomic E-state index is 0.00599. The van der Waals surface area contributed by atoms with Gasteiger partial charge in [-0.25, -0.2) is 0 Å². The highest BCUT2D eigenvalue weighted by atomic mass is 16.4. The molecule has 1 N–H and O–H groups in total. The monoisotopic (exact) mass is 437 g/mol. The molecule has 0 aliphatic carbocycles. The minimum Gasteiger partial charge on any atom is -0.451 e. The maximum atomic E-state index is 13.1. The molecule has 0 saturated carbocycles. The van der Waals surface area contributed by atoms with Crippen molar-refractivity contribution in [2.24, 2.45) is 0 Å². The van der Waals surface area contributed by atoms with Gasteiger partial charge in [0.05, 0.1) is 11.1 Å². The third kappa shape index (κ3) is 3.72. The first-order valence-electron chi connectivity index (χ1n) is 10.5. The van der Waals surface area contributed by atoms with Crippen LogP contribution in [0.4, 0.5) is 5.69 Å². The third-order valence-electron chi connectivity index (χ3n) is 5.50. The lowest BCUT2D eigenvalue weighted by Gasteiger charge is -2.07. The summed E-state index contributed by atoms with van der Waals surface area (Å²) in [6, 6.07) is 22.2. The van der Waals surface area contributed by atoms with Crippen molar-refractivity contribution in [3.05, 3.63) is 112 Å². The highest BCUT2D eigenvalue weighted by molar-refractivity contribution is 6.18. The van der Waals surface area contributed by atoms with Gasteiger partial charge >= 0.3 is 0 Å². The maximum absolute atomic E-state index is 13.1. The second kappa shape index (κ2) is 8.24. The van der Waals surface area contributed by atoms with Gasteiger partial charge in [0.2, 0.25) is 5.78 Å². The van der Waals surface area contributed by atoms with E-state index in [1.165, 1.54) is 0 Å². The number of carbonyl (C=O) groups is 2. The van der Waals surface area contributed by atoms with Gasteiger partial charge in [0.1, 0.15) is 11.2 Å². The lowest BCUT2D eigenvalue weighted by molar-refractivity contribution is 0.0997. The second-order valence-corrected chi connectivity index (χ2v) is 7.61. The molecule has 3 aromatic carbocycles. The minimum atomic E-state index is -0.651. The van der Waals surface area contributed by atoms with Crippen molar-refractivity contribution in [2.45, 2.75) is 13.3 Å². The molecule has 6 nitrogen and oxygen atoms in total. The number of rotatable bonds is 5. The molecule has 0 unspecified atom stereocenters. The van der Waals surface area contributed by atoms with E-state index in [9.17, 15) is 14.4 Å². The molecular weight excluding hydrogens is 418 g/mol. The van der Waals surface area contributed by atoms with E-state index in [2.05, 4.69) is 5.32 Å². The zero-order valence-electron chi connectivity index (χ0n) is 17.8. The van der Waals surface area contributed by atoms with Crippen LogP contribution in [0.1, 0.15) is 39.2 Å². The smallest absolute Gasteiger partial charge is 0.291 e. The van der Waals surface area contributed by atoms with E-state index in [0.29, 0.717) is 27.5 Å². The van der Waals surface area contributed by atoms with Gasteiger partial charge in [-0.05, 0) is 36.2 Å². The van der Waals surface area contributed by atoms with Crippen molar-refractivity contribution in [2.75, 3.05) is 5.32 Å². The molecular formula is C27H19NO5. The maximum Gasteiger partial charge on any atom is 0.291 e. The average molecular weight is 437 g/mol. The van der Waals surface area contributed by atoms with Gasteiger partial charge in [0, 0.05) is 17.0 Å². The van der Waals surface area contributed by atoms with Crippen LogP contribution in [-0.2, 0) is 6.42 Å². The van der Waals surface area contributed by atoms with Crippen LogP contribution >= 0.6 is 0 Å². The van der Waals surface area contributed by atoms with Gasteiger partial charge in [-0.1, -0.05) is 55.5 Å². The lowest BCUT2D eigenvalue weighted by Crippen LogP contribution is -2.16. The van der Waals surface area contributed by atoms with Crippen LogP contribution in [0, 0.1) is 0 Å². The van der Waals surface area contributed by atoms with Crippen molar-refractivity contribution in [1.82, 2.24) is 0 Å². The Balaban J connectivity index is 1.57. The number of fused-ring (bicyclic) bond motifs is 2. The van der Waals surface area contributed by atoms with Crippen molar-refractivity contribution in [1.29, 1.82) is 0 Å². The molecule has 2 heterocycles. The molecule has 5 aromatic rings. The van der Waals surface area contributed by atoms with E-state index < -0.39 is 5.91 Å². The summed E-state index contributed by atoms with van der Waals surface area (Å²) < 4.78 is 11.5. The highest BCUT2D eigenvalue weighted by Crippen LogP contribution is 2.33. The number of hydrogen-bond acceptors (Lipinski definition) is 5. The summed E-state index contributed by atoms with van der Waals surface area (Å²) in [4.78, 5) is 38.8. The second-order valence-electron chi connectivity index (χ2n) is 7.61. The molecule has 2 aromatic heterocycles. The van der Waals surface area contributed by atoms with Crippen LogP contribution in [0.3, 0.4) is 0 Å². The lowest BCUT2D eigenvalue weighted by atomic mass is 10.1. The number of para-hydroxylation sites is 1. The van der Waals surface area contributed by atoms with E-state index in [4.69, 9.17) is 8.83 Å². The van der Waals surface area contributed by atoms with Crippen LogP contribution in [0.25, 0.3) is 21.9 Å². The van der Waals surface area contributed by atoms with Gasteiger partial charge in [0.25, 0.3) is 5.91 Å². The highest BCUT2D eigenvalue weighted by Gasteiger charge is 2.24. The van der Waals surface area contributed by atoms with Crippen molar-refractivity contribution < 1.29 is 18.4 Å². The van der Waals surface area contributed by atoms with Gasteiger partial charge in [-0.15, -0.1) is 0 Å². The molecule has 0 spiro atoms. The summed E-state index contributed by atoms with van der Waals surface area (Å²) in [6.07, 6.45) is 0.781. The van der Waals surface area contributed by atoms with E-state index in [-0.39, 0.29) is 28.4 Å². The van der Waals surface area contributed by atoms with E-state index in [1.54, 1.807) is 60.7 Å². The molecule has 33 heavy (non-hydrogen) atoms. The van der Waals surface area contributed by atoms with Crippen LogP contribution in [0.5, 0.6) is 0 Å². The standard InChI is InChI=1S/C27H19NO5/c1-2-16-12-13-22-19(14-16)20(29)15-23(32-22)27(31)28-24-18-10-6-7-11-21(18)33-26(24)25(30)17-8-4-3-5-9-17/h3-15H,2H2,1H3,(H,28,31). The van der Waals surface area contributed by atoms with Crippen molar-refractivity contribution >= 4 is 39.3 Å². The summed E-state index contributed by atoms with van der Waals surface area (Å²) in [5, 5.41) is 3.72. The number of hydrogen-bond donors (Lipinski definition) is 1. The number of benzene rings is 3. The normalized spacial score (nSPS) is 11.1. The molecule has 0 aliphatic heterocycles. The summed E-state index contributed by atoms with van der Waals surface area (Å²) in [7, 11) is 0. The van der Waals surface area contributed by atoms with Gasteiger partial charge in [0.15, 0.2) is 16.9 Å². The Morgan fingerprint density at radius 2 is 1.55 bits per heavy atom. The van der Waals surface area contributed by atoms with Gasteiger partial charge in [-0.3, -0.25) is 14.4 Å². The number of amides is 1. The Morgan fingerprint density at radius 1 is 0.818 bits per heavy atom. The summed E-state index contributed by atoms with van der Waals surface area (Å²) >= 11 is 0.